The predicted octanol–water partition coefficient (Wildman–Crippen LogP) is 1.70. The molecule has 0 radical (unpaired) electrons. The van der Waals surface area contributed by atoms with Crippen LogP contribution in [0.2, 0.25) is 0 Å². The molecule has 1 unspecified atom stereocenters. The van der Waals surface area contributed by atoms with Crippen LogP contribution in [-0.2, 0) is 9.53 Å². The lowest BCUT2D eigenvalue weighted by atomic mass is 10.1. The number of nitrogens with zero attached hydrogens (tertiary/aromatic N) is 1. The topological polar surface area (TPSA) is 49.8 Å². The third kappa shape index (κ3) is 2.58. The van der Waals surface area contributed by atoms with Crippen LogP contribution in [0.1, 0.15) is 25.5 Å². The molecule has 2 rings (SSSR count). The molecule has 1 aliphatic rings. The Hall–Kier alpha value is -1.55. The molecule has 17 heavy (non-hydrogen) atoms. The van der Waals surface area contributed by atoms with E-state index in [1.807, 2.05) is 19.9 Å². The monoisotopic (exact) mass is 235 g/mol. The maximum Gasteiger partial charge on any atom is 0.248 e. The number of morpholine rings is 1. The smallest absolute Gasteiger partial charge is 0.248 e. The molecule has 0 bridgehead atoms. The van der Waals surface area contributed by atoms with Gasteiger partial charge in [0.2, 0.25) is 5.91 Å². The van der Waals surface area contributed by atoms with Crippen LogP contribution in [0, 0.1) is 0 Å². The first-order chi connectivity index (χ1) is 8.08. The highest BCUT2D eigenvalue weighted by molar-refractivity contribution is 5.78. The van der Waals surface area contributed by atoms with Crippen LogP contribution in [0.5, 0.6) is 5.75 Å². The van der Waals surface area contributed by atoms with Gasteiger partial charge >= 0.3 is 0 Å². The fraction of sp³-hybridized carbons (Fsp3) is 0.462. The molecule has 1 N–H and O–H groups in total. The van der Waals surface area contributed by atoms with E-state index in [9.17, 15) is 9.90 Å². The average molecular weight is 235 g/mol. The van der Waals surface area contributed by atoms with Gasteiger partial charge in [0.1, 0.15) is 18.5 Å². The van der Waals surface area contributed by atoms with Crippen molar-refractivity contribution in [2.24, 2.45) is 0 Å². The van der Waals surface area contributed by atoms with E-state index in [0.717, 1.165) is 5.56 Å². The summed E-state index contributed by atoms with van der Waals surface area (Å²) in [5.74, 6) is 0.246. The number of ether oxygens (including phenoxy) is 1. The van der Waals surface area contributed by atoms with Gasteiger partial charge in [0.25, 0.3) is 0 Å². The number of rotatable bonds is 2. The zero-order valence-electron chi connectivity index (χ0n) is 10.1. The molecule has 0 saturated carbocycles. The first-order valence-electron chi connectivity index (χ1n) is 5.78. The van der Waals surface area contributed by atoms with Gasteiger partial charge in [-0.2, -0.15) is 0 Å². The molecule has 1 aromatic rings. The van der Waals surface area contributed by atoms with E-state index in [-0.39, 0.29) is 30.4 Å². The summed E-state index contributed by atoms with van der Waals surface area (Å²) in [7, 11) is 0. The maximum absolute atomic E-state index is 11.6. The van der Waals surface area contributed by atoms with Gasteiger partial charge in [0.05, 0.1) is 6.54 Å². The molecule has 1 saturated heterocycles. The predicted molar refractivity (Wildman–Crippen MR) is 63.6 cm³/mol. The molecule has 0 aromatic heterocycles. The highest BCUT2D eigenvalue weighted by Crippen LogP contribution is 2.26. The first-order valence-corrected chi connectivity index (χ1v) is 5.78. The van der Waals surface area contributed by atoms with Crippen LogP contribution >= 0.6 is 0 Å². The summed E-state index contributed by atoms with van der Waals surface area (Å²) in [6.45, 7) is 4.63. The Bertz CT molecular complexity index is 417. The highest BCUT2D eigenvalue weighted by Gasteiger charge is 2.28. The van der Waals surface area contributed by atoms with Crippen molar-refractivity contribution in [2.45, 2.75) is 26.0 Å². The van der Waals surface area contributed by atoms with Crippen LogP contribution in [0.4, 0.5) is 0 Å². The lowest BCUT2D eigenvalue weighted by Gasteiger charge is -2.35. The van der Waals surface area contributed by atoms with Crippen molar-refractivity contribution in [2.75, 3.05) is 13.2 Å². The molecule has 4 heteroatoms. The van der Waals surface area contributed by atoms with Gasteiger partial charge in [0, 0.05) is 6.04 Å². The number of benzene rings is 1. The molecule has 1 aliphatic heterocycles. The van der Waals surface area contributed by atoms with E-state index < -0.39 is 0 Å². The van der Waals surface area contributed by atoms with Crippen LogP contribution in [0.15, 0.2) is 24.3 Å². The Morgan fingerprint density at radius 2 is 2.24 bits per heavy atom. The largest absolute Gasteiger partial charge is 0.508 e. The Balaban J connectivity index is 2.16. The SMILES string of the molecule is CC(C)N1CC(c2cccc(O)c2)OCC1=O. The van der Waals surface area contributed by atoms with Crippen molar-refractivity contribution < 1.29 is 14.6 Å². The second kappa shape index (κ2) is 4.75. The van der Waals surface area contributed by atoms with E-state index in [0.29, 0.717) is 6.54 Å². The van der Waals surface area contributed by atoms with Gasteiger partial charge in [-0.1, -0.05) is 12.1 Å². The molecule has 0 spiro atoms. The summed E-state index contributed by atoms with van der Waals surface area (Å²) in [6, 6.07) is 7.16. The summed E-state index contributed by atoms with van der Waals surface area (Å²) < 4.78 is 5.51. The van der Waals surface area contributed by atoms with Crippen LogP contribution in [0.3, 0.4) is 0 Å². The zero-order chi connectivity index (χ0) is 12.4. The van der Waals surface area contributed by atoms with Crippen molar-refractivity contribution >= 4 is 5.91 Å². The molecule has 1 aromatic carbocycles. The number of phenols is 1. The number of hydrogen-bond acceptors (Lipinski definition) is 3. The molecule has 1 fully saturated rings. The van der Waals surface area contributed by atoms with Gasteiger partial charge in [-0.15, -0.1) is 0 Å². The van der Waals surface area contributed by atoms with Crippen molar-refractivity contribution in [1.82, 2.24) is 4.90 Å². The number of carbonyl (C=O) groups excluding carboxylic acids is 1. The van der Waals surface area contributed by atoms with Crippen LogP contribution < -0.4 is 0 Å². The lowest BCUT2D eigenvalue weighted by molar-refractivity contribution is -0.151. The molecule has 1 atom stereocenters. The van der Waals surface area contributed by atoms with Gasteiger partial charge < -0.3 is 14.7 Å². The van der Waals surface area contributed by atoms with E-state index >= 15 is 0 Å². The summed E-state index contributed by atoms with van der Waals surface area (Å²) in [6.07, 6.45) is -0.151. The Labute approximate surface area is 101 Å². The van der Waals surface area contributed by atoms with Crippen molar-refractivity contribution in [3.63, 3.8) is 0 Å². The molecule has 1 heterocycles. The second-order valence-corrected chi connectivity index (χ2v) is 4.53. The number of hydrogen-bond donors (Lipinski definition) is 1. The first kappa shape index (κ1) is 11.9. The summed E-state index contributed by atoms with van der Waals surface area (Å²) in [4.78, 5) is 13.4. The quantitative estimate of drug-likeness (QED) is 0.848. The van der Waals surface area contributed by atoms with E-state index in [4.69, 9.17) is 4.74 Å². The molecule has 1 amide bonds. The van der Waals surface area contributed by atoms with Crippen molar-refractivity contribution in [3.8, 4) is 5.75 Å². The molecular weight excluding hydrogens is 218 g/mol. The third-order valence-electron chi connectivity index (χ3n) is 2.96. The van der Waals surface area contributed by atoms with E-state index in [2.05, 4.69) is 0 Å². The molecule has 92 valence electrons. The van der Waals surface area contributed by atoms with Gasteiger partial charge in [-0.25, -0.2) is 0 Å². The summed E-state index contributed by atoms with van der Waals surface area (Å²) in [5, 5.41) is 9.43. The minimum absolute atomic E-state index is 0.0244. The summed E-state index contributed by atoms with van der Waals surface area (Å²) in [5.41, 5.74) is 0.906. The van der Waals surface area contributed by atoms with E-state index in [1.165, 1.54) is 0 Å². The molecule has 4 nitrogen and oxygen atoms in total. The maximum atomic E-state index is 11.6. The fourth-order valence-corrected chi connectivity index (χ4v) is 2.01. The minimum Gasteiger partial charge on any atom is -0.508 e. The molecular formula is C13H17NO3. The number of amides is 1. The lowest BCUT2D eigenvalue weighted by Crippen LogP contribution is -2.46. The van der Waals surface area contributed by atoms with Crippen LogP contribution in [-0.4, -0.2) is 35.1 Å². The number of phenolic OH excluding ortho intramolecular Hbond substituents is 1. The summed E-state index contributed by atoms with van der Waals surface area (Å²) >= 11 is 0. The Morgan fingerprint density at radius 3 is 2.88 bits per heavy atom. The normalized spacial score (nSPS) is 21.0. The molecule has 0 aliphatic carbocycles. The van der Waals surface area contributed by atoms with E-state index in [1.54, 1.807) is 23.1 Å². The Kier molecular flexibility index (Phi) is 3.33. The van der Waals surface area contributed by atoms with Gasteiger partial charge in [0.15, 0.2) is 0 Å². The van der Waals surface area contributed by atoms with Crippen molar-refractivity contribution in [3.05, 3.63) is 29.8 Å². The number of aromatic hydroxyl groups is 1. The second-order valence-electron chi connectivity index (χ2n) is 4.53. The highest BCUT2D eigenvalue weighted by atomic mass is 16.5. The Morgan fingerprint density at radius 1 is 1.47 bits per heavy atom. The fourth-order valence-electron chi connectivity index (χ4n) is 2.01. The third-order valence-corrected chi connectivity index (χ3v) is 2.96. The standard InChI is InChI=1S/C13H17NO3/c1-9(2)14-7-12(17-8-13(14)16)10-4-3-5-11(15)6-10/h3-6,9,12,15H,7-8H2,1-2H3. The van der Waals surface area contributed by atoms with Gasteiger partial charge in [-0.3, -0.25) is 4.79 Å². The van der Waals surface area contributed by atoms with Crippen LogP contribution in [0.25, 0.3) is 0 Å². The average Bonchev–Trinajstić information content (AvgIpc) is 2.29. The van der Waals surface area contributed by atoms with Gasteiger partial charge in [-0.05, 0) is 31.5 Å². The van der Waals surface area contributed by atoms with Crippen molar-refractivity contribution in [1.29, 1.82) is 0 Å². The number of carbonyl (C=O) groups is 1. The minimum atomic E-state index is -0.151. The zero-order valence-corrected chi connectivity index (χ0v) is 10.1.